The summed E-state index contributed by atoms with van der Waals surface area (Å²) in [5.41, 5.74) is 0.844. The second kappa shape index (κ2) is 11.2. The first-order valence-corrected chi connectivity index (χ1v) is 10.1. The summed E-state index contributed by atoms with van der Waals surface area (Å²) in [4.78, 5) is 14.4. The van der Waals surface area contributed by atoms with Crippen LogP contribution in [0, 0.1) is 0 Å². The summed E-state index contributed by atoms with van der Waals surface area (Å²) in [5.74, 6) is 1.10. The Hall–Kier alpha value is -1.83. The molecule has 1 aromatic carbocycles. The number of carbonyl (C=O) groups is 1. The van der Waals surface area contributed by atoms with E-state index in [-0.39, 0.29) is 18.1 Å². The van der Waals surface area contributed by atoms with Crippen molar-refractivity contribution in [1.82, 2.24) is 15.5 Å². The molecule has 0 atom stereocenters. The van der Waals surface area contributed by atoms with Crippen molar-refractivity contribution < 1.29 is 19.0 Å². The van der Waals surface area contributed by atoms with Crippen molar-refractivity contribution in [1.29, 1.82) is 0 Å². The average Bonchev–Trinajstić information content (AvgIpc) is 2.64. The molecular formula is C21H35N3O4. The third kappa shape index (κ3) is 8.46. The van der Waals surface area contributed by atoms with Gasteiger partial charge in [0.2, 0.25) is 0 Å². The number of ether oxygens (including phenoxy) is 3. The van der Waals surface area contributed by atoms with E-state index >= 15 is 0 Å². The Kier molecular flexibility index (Phi) is 9.02. The highest BCUT2D eigenvalue weighted by Crippen LogP contribution is 2.28. The molecular weight excluding hydrogens is 358 g/mol. The van der Waals surface area contributed by atoms with Crippen molar-refractivity contribution in [3.63, 3.8) is 0 Å². The van der Waals surface area contributed by atoms with E-state index in [0.717, 1.165) is 51.5 Å². The Balaban J connectivity index is 1.82. The zero-order valence-corrected chi connectivity index (χ0v) is 17.7. The summed E-state index contributed by atoms with van der Waals surface area (Å²) in [7, 11) is 0. The first kappa shape index (κ1) is 22.5. The van der Waals surface area contributed by atoms with Gasteiger partial charge in [0, 0.05) is 38.3 Å². The molecule has 1 aromatic rings. The van der Waals surface area contributed by atoms with Crippen LogP contribution in [-0.4, -0.2) is 69.0 Å². The van der Waals surface area contributed by atoms with Gasteiger partial charge in [0.15, 0.2) is 18.1 Å². The number of morpholine rings is 1. The lowest BCUT2D eigenvalue weighted by Crippen LogP contribution is -2.43. The van der Waals surface area contributed by atoms with Crippen LogP contribution in [0.15, 0.2) is 18.2 Å². The van der Waals surface area contributed by atoms with Crippen LogP contribution < -0.4 is 20.1 Å². The van der Waals surface area contributed by atoms with Crippen molar-refractivity contribution >= 4 is 5.91 Å². The highest BCUT2D eigenvalue weighted by atomic mass is 16.5. The van der Waals surface area contributed by atoms with E-state index in [1.54, 1.807) is 0 Å². The largest absolute Gasteiger partial charge is 0.490 e. The molecule has 2 rings (SSSR count). The third-order valence-corrected chi connectivity index (χ3v) is 4.22. The van der Waals surface area contributed by atoms with Crippen LogP contribution >= 0.6 is 0 Å². The molecule has 1 saturated heterocycles. The molecule has 0 unspecified atom stereocenters. The fourth-order valence-electron chi connectivity index (χ4n) is 2.94. The third-order valence-electron chi connectivity index (χ3n) is 4.22. The van der Waals surface area contributed by atoms with Crippen LogP contribution in [0.5, 0.6) is 11.5 Å². The van der Waals surface area contributed by atoms with Gasteiger partial charge in [0.1, 0.15) is 0 Å². The van der Waals surface area contributed by atoms with Gasteiger partial charge in [-0.2, -0.15) is 0 Å². The van der Waals surface area contributed by atoms with Gasteiger partial charge in [-0.25, -0.2) is 0 Å². The predicted molar refractivity (Wildman–Crippen MR) is 110 cm³/mol. The number of carbonyl (C=O) groups excluding carboxylic acids is 1. The van der Waals surface area contributed by atoms with Crippen molar-refractivity contribution in [2.45, 2.75) is 39.8 Å². The van der Waals surface area contributed by atoms with Gasteiger partial charge >= 0.3 is 0 Å². The number of amides is 1. The van der Waals surface area contributed by atoms with Gasteiger partial charge in [-0.1, -0.05) is 6.07 Å². The molecule has 0 aromatic heterocycles. The van der Waals surface area contributed by atoms with Crippen LogP contribution in [0.2, 0.25) is 0 Å². The van der Waals surface area contributed by atoms with Gasteiger partial charge in [0.05, 0.1) is 19.8 Å². The lowest BCUT2D eigenvalue weighted by molar-refractivity contribution is -0.124. The Morgan fingerprint density at radius 1 is 1.18 bits per heavy atom. The normalized spacial score (nSPS) is 15.3. The van der Waals surface area contributed by atoms with E-state index in [0.29, 0.717) is 18.1 Å². The minimum Gasteiger partial charge on any atom is -0.490 e. The van der Waals surface area contributed by atoms with Crippen LogP contribution in [0.1, 0.15) is 33.3 Å². The van der Waals surface area contributed by atoms with Crippen molar-refractivity contribution in [2.24, 2.45) is 0 Å². The smallest absolute Gasteiger partial charge is 0.258 e. The number of rotatable bonds is 10. The summed E-state index contributed by atoms with van der Waals surface area (Å²) in [5, 5.41) is 6.36. The summed E-state index contributed by atoms with van der Waals surface area (Å²) in [6.07, 6.45) is 0. The number of hydrogen-bond acceptors (Lipinski definition) is 6. The quantitative estimate of drug-likeness (QED) is 0.591. The van der Waals surface area contributed by atoms with Crippen LogP contribution in [0.4, 0.5) is 0 Å². The number of nitrogens with zero attached hydrogens (tertiary/aromatic N) is 1. The summed E-state index contributed by atoms with van der Waals surface area (Å²) in [6.45, 7) is 14.6. The SMILES string of the molecule is CCOc1cc(CNCCN2CCOCC2)ccc1OCC(=O)NC(C)(C)C. The van der Waals surface area contributed by atoms with Gasteiger partial charge in [-0.3, -0.25) is 9.69 Å². The molecule has 0 bridgehead atoms. The van der Waals surface area contributed by atoms with Crippen LogP contribution in [0.25, 0.3) is 0 Å². The van der Waals surface area contributed by atoms with E-state index in [4.69, 9.17) is 14.2 Å². The Morgan fingerprint density at radius 3 is 2.61 bits per heavy atom. The van der Waals surface area contributed by atoms with E-state index in [9.17, 15) is 4.79 Å². The molecule has 7 heteroatoms. The molecule has 1 heterocycles. The standard InChI is InChI=1S/C21H35N3O4/c1-5-27-19-14-17(15-22-8-9-24-10-12-26-13-11-24)6-7-18(19)28-16-20(25)23-21(2,3)4/h6-7,14,22H,5,8-13,15-16H2,1-4H3,(H,23,25). The molecule has 158 valence electrons. The maximum atomic E-state index is 12.0. The molecule has 0 saturated carbocycles. The maximum absolute atomic E-state index is 12.0. The lowest BCUT2D eigenvalue weighted by atomic mass is 10.1. The van der Waals surface area contributed by atoms with Crippen LogP contribution in [-0.2, 0) is 16.1 Å². The molecule has 0 radical (unpaired) electrons. The Labute approximate surface area is 168 Å². The van der Waals surface area contributed by atoms with E-state index < -0.39 is 0 Å². The second-order valence-corrected chi connectivity index (χ2v) is 7.93. The molecule has 1 aliphatic heterocycles. The number of hydrogen-bond donors (Lipinski definition) is 2. The predicted octanol–water partition coefficient (Wildman–Crippen LogP) is 1.80. The fourth-order valence-corrected chi connectivity index (χ4v) is 2.94. The number of nitrogens with one attached hydrogen (secondary N) is 2. The summed E-state index contributed by atoms with van der Waals surface area (Å²) >= 11 is 0. The first-order valence-electron chi connectivity index (χ1n) is 10.1. The molecule has 1 fully saturated rings. The second-order valence-electron chi connectivity index (χ2n) is 7.93. The maximum Gasteiger partial charge on any atom is 0.258 e. The van der Waals surface area contributed by atoms with Crippen molar-refractivity contribution in [3.8, 4) is 11.5 Å². The molecule has 2 N–H and O–H groups in total. The molecule has 1 aliphatic rings. The molecule has 28 heavy (non-hydrogen) atoms. The fraction of sp³-hybridized carbons (Fsp3) is 0.667. The van der Waals surface area contributed by atoms with E-state index in [1.807, 2.05) is 45.9 Å². The lowest BCUT2D eigenvalue weighted by Gasteiger charge is -2.26. The average molecular weight is 394 g/mol. The van der Waals surface area contributed by atoms with E-state index in [1.165, 1.54) is 0 Å². The first-order chi connectivity index (χ1) is 13.4. The highest BCUT2D eigenvalue weighted by Gasteiger charge is 2.15. The van der Waals surface area contributed by atoms with Gasteiger partial charge in [0.25, 0.3) is 5.91 Å². The highest BCUT2D eigenvalue weighted by molar-refractivity contribution is 5.78. The zero-order chi connectivity index (χ0) is 20.4. The van der Waals surface area contributed by atoms with Crippen LogP contribution in [0.3, 0.4) is 0 Å². The Bertz CT molecular complexity index is 610. The molecule has 0 aliphatic carbocycles. The van der Waals surface area contributed by atoms with Crippen molar-refractivity contribution in [3.05, 3.63) is 23.8 Å². The monoisotopic (exact) mass is 393 g/mol. The zero-order valence-electron chi connectivity index (χ0n) is 17.7. The van der Waals surface area contributed by atoms with Gasteiger partial charge < -0.3 is 24.8 Å². The number of benzene rings is 1. The Morgan fingerprint density at radius 2 is 1.93 bits per heavy atom. The summed E-state index contributed by atoms with van der Waals surface area (Å²) < 4.78 is 16.8. The topological polar surface area (TPSA) is 72.1 Å². The molecule has 0 spiro atoms. The molecule has 1 amide bonds. The minimum atomic E-state index is -0.278. The van der Waals surface area contributed by atoms with Crippen molar-refractivity contribution in [2.75, 3.05) is 52.6 Å². The molecule has 7 nitrogen and oxygen atoms in total. The van der Waals surface area contributed by atoms with E-state index in [2.05, 4.69) is 15.5 Å². The van der Waals surface area contributed by atoms with Gasteiger partial charge in [-0.15, -0.1) is 0 Å². The minimum absolute atomic E-state index is 0.0332. The van der Waals surface area contributed by atoms with Gasteiger partial charge in [-0.05, 0) is 45.4 Å². The summed E-state index contributed by atoms with van der Waals surface area (Å²) in [6, 6.07) is 5.85.